The lowest BCUT2D eigenvalue weighted by molar-refractivity contribution is -0.123. The molecular weight excluding hydrogens is 348 g/mol. The number of allylic oxidation sites excluding steroid dienone is 1. The molecule has 0 bridgehead atoms. The maximum absolute atomic E-state index is 12.2. The third-order valence-corrected chi connectivity index (χ3v) is 5.08. The largest absolute Gasteiger partial charge is 0.484 e. The van der Waals surface area contributed by atoms with Crippen LogP contribution in [0.25, 0.3) is 5.70 Å². The summed E-state index contributed by atoms with van der Waals surface area (Å²) in [6.07, 6.45) is 4.13. The SMILES string of the molecule is Cc1cc(C)c2c(c1)C(NNC(=O)COc1ccc(C(C)(C)C)cc1)=CCC2. The lowest BCUT2D eigenvalue weighted by atomic mass is 9.87. The van der Waals surface area contributed by atoms with Gasteiger partial charge in [-0.3, -0.25) is 15.6 Å². The normalized spacial score (nSPS) is 13.4. The van der Waals surface area contributed by atoms with Crippen LogP contribution < -0.4 is 15.6 Å². The number of hydrazine groups is 1. The Hall–Kier alpha value is -2.75. The number of benzene rings is 2. The molecule has 4 heteroatoms. The molecule has 3 rings (SSSR count). The van der Waals surface area contributed by atoms with Crippen LogP contribution in [0.4, 0.5) is 0 Å². The maximum Gasteiger partial charge on any atom is 0.276 e. The second-order valence-electron chi connectivity index (χ2n) is 8.50. The zero-order valence-corrected chi connectivity index (χ0v) is 17.5. The number of carbonyl (C=O) groups excluding carboxylic acids is 1. The Morgan fingerprint density at radius 1 is 1.11 bits per heavy atom. The predicted molar refractivity (Wildman–Crippen MR) is 114 cm³/mol. The molecular formula is C24H30N2O2. The first-order valence-electron chi connectivity index (χ1n) is 9.83. The molecule has 1 aliphatic carbocycles. The van der Waals surface area contributed by atoms with Crippen molar-refractivity contribution in [2.75, 3.05) is 6.61 Å². The Kier molecular flexibility index (Phi) is 5.78. The summed E-state index contributed by atoms with van der Waals surface area (Å²) in [5.41, 5.74) is 13.2. The van der Waals surface area contributed by atoms with E-state index >= 15 is 0 Å². The van der Waals surface area contributed by atoms with Gasteiger partial charge in [-0.05, 0) is 67.0 Å². The summed E-state index contributed by atoms with van der Waals surface area (Å²) < 4.78 is 5.61. The van der Waals surface area contributed by atoms with Gasteiger partial charge in [-0.25, -0.2) is 0 Å². The fraction of sp³-hybridized carbons (Fsp3) is 0.375. The summed E-state index contributed by atoms with van der Waals surface area (Å²) >= 11 is 0. The Morgan fingerprint density at radius 2 is 1.82 bits per heavy atom. The van der Waals surface area contributed by atoms with Gasteiger partial charge in [-0.15, -0.1) is 0 Å². The average molecular weight is 379 g/mol. The number of aryl methyl sites for hydroxylation is 2. The molecule has 4 nitrogen and oxygen atoms in total. The molecule has 0 aliphatic heterocycles. The van der Waals surface area contributed by atoms with E-state index in [0.29, 0.717) is 5.75 Å². The van der Waals surface area contributed by atoms with Crippen LogP contribution in [0.5, 0.6) is 5.75 Å². The first kappa shape index (κ1) is 20.0. The van der Waals surface area contributed by atoms with Crippen molar-refractivity contribution < 1.29 is 9.53 Å². The number of nitrogens with one attached hydrogen (secondary N) is 2. The average Bonchev–Trinajstić information content (AvgIpc) is 2.64. The number of hydrogen-bond donors (Lipinski definition) is 2. The lowest BCUT2D eigenvalue weighted by Crippen LogP contribution is -2.39. The molecule has 0 radical (unpaired) electrons. The van der Waals surface area contributed by atoms with Crippen molar-refractivity contribution in [3.05, 3.63) is 70.3 Å². The summed E-state index contributed by atoms with van der Waals surface area (Å²) in [5.74, 6) is 0.480. The van der Waals surface area contributed by atoms with Crippen LogP contribution in [0.1, 0.15) is 55.0 Å². The molecule has 0 saturated heterocycles. The van der Waals surface area contributed by atoms with Crippen molar-refractivity contribution in [1.29, 1.82) is 0 Å². The minimum Gasteiger partial charge on any atom is -0.484 e. The molecule has 2 N–H and O–H groups in total. The molecule has 2 aromatic carbocycles. The highest BCUT2D eigenvalue weighted by atomic mass is 16.5. The highest BCUT2D eigenvalue weighted by molar-refractivity contribution is 5.79. The number of carbonyl (C=O) groups is 1. The van der Waals surface area contributed by atoms with E-state index in [-0.39, 0.29) is 17.9 Å². The molecule has 0 aromatic heterocycles. The smallest absolute Gasteiger partial charge is 0.276 e. The first-order chi connectivity index (χ1) is 13.2. The third-order valence-electron chi connectivity index (χ3n) is 5.08. The molecule has 1 amide bonds. The zero-order valence-electron chi connectivity index (χ0n) is 17.5. The number of ether oxygens (including phenoxy) is 1. The van der Waals surface area contributed by atoms with Gasteiger partial charge in [0.15, 0.2) is 6.61 Å². The lowest BCUT2D eigenvalue weighted by Gasteiger charge is -2.22. The molecule has 0 heterocycles. The highest BCUT2D eigenvalue weighted by Gasteiger charge is 2.16. The van der Waals surface area contributed by atoms with E-state index in [1.54, 1.807) is 0 Å². The monoisotopic (exact) mass is 378 g/mol. The standard InChI is InChI=1S/C24H30N2O2/c1-16-13-17(2)20-7-6-8-22(21(20)14-16)25-26-23(27)15-28-19-11-9-18(10-12-19)24(3,4)5/h8-14,25H,6-7,15H2,1-5H3,(H,26,27). The Labute approximate surface area is 168 Å². The van der Waals surface area contributed by atoms with Crippen LogP contribution in [0.15, 0.2) is 42.5 Å². The van der Waals surface area contributed by atoms with E-state index in [0.717, 1.165) is 18.5 Å². The number of rotatable bonds is 5. The van der Waals surface area contributed by atoms with E-state index < -0.39 is 0 Å². The van der Waals surface area contributed by atoms with Gasteiger partial charge in [0.1, 0.15) is 5.75 Å². The van der Waals surface area contributed by atoms with Gasteiger partial charge < -0.3 is 4.74 Å². The first-order valence-corrected chi connectivity index (χ1v) is 9.83. The van der Waals surface area contributed by atoms with Crippen LogP contribution in [0.3, 0.4) is 0 Å². The molecule has 0 fully saturated rings. The minimum atomic E-state index is -0.211. The van der Waals surface area contributed by atoms with Crippen LogP contribution in [-0.4, -0.2) is 12.5 Å². The molecule has 0 spiro atoms. The topological polar surface area (TPSA) is 50.4 Å². The fourth-order valence-corrected chi connectivity index (χ4v) is 3.53. The summed E-state index contributed by atoms with van der Waals surface area (Å²) in [6, 6.07) is 12.3. The third kappa shape index (κ3) is 4.75. The van der Waals surface area contributed by atoms with Crippen LogP contribution in [0.2, 0.25) is 0 Å². The van der Waals surface area contributed by atoms with Gasteiger partial charge in [0.2, 0.25) is 0 Å². The van der Waals surface area contributed by atoms with Gasteiger partial charge >= 0.3 is 0 Å². The summed E-state index contributed by atoms with van der Waals surface area (Å²) in [6.45, 7) is 10.7. The quantitative estimate of drug-likeness (QED) is 0.748. The molecule has 2 aromatic rings. The molecule has 28 heavy (non-hydrogen) atoms. The number of amides is 1. The summed E-state index contributed by atoms with van der Waals surface area (Å²) in [5, 5.41) is 0. The summed E-state index contributed by atoms with van der Waals surface area (Å²) in [4.78, 5) is 12.2. The second-order valence-corrected chi connectivity index (χ2v) is 8.50. The van der Waals surface area contributed by atoms with Gasteiger partial charge in [-0.1, -0.05) is 50.6 Å². The van der Waals surface area contributed by atoms with Gasteiger partial charge in [0.25, 0.3) is 5.91 Å². The fourth-order valence-electron chi connectivity index (χ4n) is 3.53. The van der Waals surface area contributed by atoms with E-state index in [2.05, 4.69) is 63.7 Å². The van der Waals surface area contributed by atoms with Gasteiger partial charge in [0.05, 0.1) is 5.70 Å². The zero-order chi connectivity index (χ0) is 20.3. The second kappa shape index (κ2) is 8.09. The van der Waals surface area contributed by atoms with Crippen molar-refractivity contribution in [2.45, 2.75) is 52.9 Å². The van der Waals surface area contributed by atoms with Crippen LogP contribution >= 0.6 is 0 Å². The summed E-state index contributed by atoms with van der Waals surface area (Å²) in [7, 11) is 0. The van der Waals surface area contributed by atoms with Crippen molar-refractivity contribution in [2.24, 2.45) is 0 Å². The Bertz CT molecular complexity index is 890. The Morgan fingerprint density at radius 3 is 2.50 bits per heavy atom. The van der Waals surface area contributed by atoms with Crippen molar-refractivity contribution in [3.8, 4) is 5.75 Å². The Balaban J connectivity index is 1.55. The van der Waals surface area contributed by atoms with Crippen molar-refractivity contribution in [1.82, 2.24) is 10.9 Å². The molecule has 0 saturated carbocycles. The van der Waals surface area contributed by atoms with E-state index in [9.17, 15) is 4.79 Å². The molecule has 0 atom stereocenters. The van der Waals surface area contributed by atoms with Crippen LogP contribution in [0, 0.1) is 13.8 Å². The highest BCUT2D eigenvalue weighted by Crippen LogP contribution is 2.28. The molecule has 0 unspecified atom stereocenters. The maximum atomic E-state index is 12.2. The van der Waals surface area contributed by atoms with E-state index in [1.165, 1.54) is 27.8 Å². The van der Waals surface area contributed by atoms with Gasteiger partial charge in [-0.2, -0.15) is 0 Å². The van der Waals surface area contributed by atoms with E-state index in [4.69, 9.17) is 4.74 Å². The van der Waals surface area contributed by atoms with Crippen molar-refractivity contribution >= 4 is 11.6 Å². The minimum absolute atomic E-state index is 0.0329. The van der Waals surface area contributed by atoms with Crippen molar-refractivity contribution in [3.63, 3.8) is 0 Å². The number of fused-ring (bicyclic) bond motifs is 1. The van der Waals surface area contributed by atoms with Crippen LogP contribution in [-0.2, 0) is 16.6 Å². The molecule has 148 valence electrons. The number of hydrogen-bond acceptors (Lipinski definition) is 3. The predicted octanol–water partition coefficient (Wildman–Crippen LogP) is 4.59. The van der Waals surface area contributed by atoms with E-state index in [1.807, 2.05) is 24.3 Å². The molecule has 1 aliphatic rings. The van der Waals surface area contributed by atoms with Gasteiger partial charge in [0, 0.05) is 5.56 Å².